The van der Waals surface area contributed by atoms with Gasteiger partial charge >= 0.3 is 0 Å². The molecule has 322 valence electrons. The lowest BCUT2D eigenvalue weighted by molar-refractivity contribution is 0.660. The van der Waals surface area contributed by atoms with E-state index in [4.69, 9.17) is 17.5 Å². The second kappa shape index (κ2) is 22.9. The Morgan fingerprint density at radius 2 is 0.790 bits per heavy atom. The van der Waals surface area contributed by atoms with E-state index in [1.807, 2.05) is 0 Å². The van der Waals surface area contributed by atoms with Crippen LogP contribution < -0.4 is 0 Å². The van der Waals surface area contributed by atoms with Crippen molar-refractivity contribution < 1.29 is 0 Å². The molecule has 4 heterocycles. The molecule has 62 heavy (non-hydrogen) atoms. The minimum absolute atomic E-state index is 0.865. The fourth-order valence-electron chi connectivity index (χ4n) is 8.84. The van der Waals surface area contributed by atoms with E-state index in [-0.39, 0.29) is 0 Å². The molecule has 0 radical (unpaired) electrons. The number of hydrogen-bond donors (Lipinski definition) is 0. The number of thiophene rings is 2. The predicted octanol–water partition coefficient (Wildman–Crippen LogP) is 17.4. The van der Waals surface area contributed by atoms with E-state index >= 15 is 0 Å². The van der Waals surface area contributed by atoms with Gasteiger partial charge in [0.1, 0.15) is 22.4 Å². The molecule has 0 saturated heterocycles. The van der Waals surface area contributed by atoms with E-state index in [9.17, 15) is 10.5 Å². The number of aromatic nitrogens is 2. The van der Waals surface area contributed by atoms with Crippen LogP contribution in [0.4, 0.5) is 11.4 Å². The Labute approximate surface area is 385 Å². The van der Waals surface area contributed by atoms with E-state index in [0.29, 0.717) is 0 Å². The second-order valence-electron chi connectivity index (χ2n) is 16.8. The van der Waals surface area contributed by atoms with Crippen LogP contribution in [-0.4, -0.2) is 8.75 Å². The normalized spacial score (nSPS) is 11.9. The van der Waals surface area contributed by atoms with Gasteiger partial charge in [0.05, 0.1) is 46.3 Å². The maximum atomic E-state index is 10.4. The van der Waals surface area contributed by atoms with Crippen molar-refractivity contribution in [3.8, 4) is 53.9 Å². The van der Waals surface area contributed by atoms with E-state index in [1.165, 1.54) is 143 Å². The van der Waals surface area contributed by atoms with Crippen molar-refractivity contribution in [2.45, 2.75) is 156 Å². The fourth-order valence-corrected chi connectivity index (χ4v) is 12.0. The third kappa shape index (κ3) is 10.5. The highest BCUT2D eigenvalue weighted by molar-refractivity contribution is 7.58. The van der Waals surface area contributed by atoms with Crippen molar-refractivity contribution in [2.75, 3.05) is 0 Å². The Morgan fingerprint density at radius 1 is 0.452 bits per heavy atom. The van der Waals surface area contributed by atoms with Crippen molar-refractivity contribution in [1.82, 2.24) is 8.75 Å². The summed E-state index contributed by atoms with van der Waals surface area (Å²) in [5.74, 6) is 0. The average molecular weight is 897 g/mol. The van der Waals surface area contributed by atoms with Gasteiger partial charge < -0.3 is 0 Å². The number of unbranched alkanes of at least 4 members (excludes halogenated alkanes) is 12. The van der Waals surface area contributed by atoms with Crippen molar-refractivity contribution in [2.24, 2.45) is 8.73 Å². The summed E-state index contributed by atoms with van der Waals surface area (Å²) < 4.78 is 19.8. The largest absolute Gasteiger partial charge is 0.192 e. The van der Waals surface area contributed by atoms with Crippen molar-refractivity contribution in [1.29, 1.82) is 10.5 Å². The lowest BCUT2D eigenvalue weighted by atomic mass is 9.91. The lowest BCUT2D eigenvalue weighted by Crippen LogP contribution is -1.99. The van der Waals surface area contributed by atoms with Crippen LogP contribution in [0.3, 0.4) is 0 Å². The topological polar surface area (TPSA) is 98.1 Å². The zero-order valence-corrected chi connectivity index (χ0v) is 40.3. The quantitative estimate of drug-likeness (QED) is 0.0564. The van der Waals surface area contributed by atoms with Crippen molar-refractivity contribution >= 4 is 68.2 Å². The number of fused-ring (bicyclic) bond motifs is 2. The van der Waals surface area contributed by atoms with Crippen molar-refractivity contribution in [3.63, 3.8) is 0 Å². The second-order valence-corrected chi connectivity index (χ2v) is 20.0. The molecule has 0 bridgehead atoms. The maximum Gasteiger partial charge on any atom is 0.116 e. The molecule has 0 unspecified atom stereocenters. The fraction of sp³-hybridized carbons (Fsp3) is 0.462. The van der Waals surface area contributed by atoms with Crippen LogP contribution in [0.25, 0.3) is 52.8 Å². The highest BCUT2D eigenvalue weighted by atomic mass is 32.1. The summed E-state index contributed by atoms with van der Waals surface area (Å²) in [7, 11) is 0. The molecule has 0 N–H and O–H groups in total. The molecule has 3 aromatic heterocycles. The zero-order valence-electron chi connectivity index (χ0n) is 37.1. The SMILES string of the molecule is CCCCCCc1cc(-c2ccc(-c3c4c(c(-c5ccc(-c6cc(CCCCCC)c(C#N)c(CCCCCC)c6)s5)c5nsnc35)N=S=N4)s2)cc(CCCCCC)c1C#N. The number of nitrogens with zero attached hydrogens (tertiary/aromatic N) is 6. The molecule has 7 rings (SSSR count). The summed E-state index contributed by atoms with van der Waals surface area (Å²) in [6.45, 7) is 8.98. The van der Waals surface area contributed by atoms with Crippen LogP contribution in [-0.2, 0) is 37.0 Å². The van der Waals surface area contributed by atoms with E-state index in [1.54, 1.807) is 22.7 Å². The Morgan fingerprint density at radius 3 is 1.11 bits per heavy atom. The Hall–Kier alpha value is -4.32. The lowest BCUT2D eigenvalue weighted by Gasteiger charge is -2.13. The highest BCUT2D eigenvalue weighted by Crippen LogP contribution is 2.55. The molecule has 0 aliphatic carbocycles. The Balaban J connectivity index is 1.25. The van der Waals surface area contributed by atoms with Crippen LogP contribution in [0, 0.1) is 22.7 Å². The summed E-state index contributed by atoms with van der Waals surface area (Å²) in [5, 5.41) is 20.8. The minimum atomic E-state index is 0.865. The first-order valence-electron chi connectivity index (χ1n) is 23.3. The Kier molecular flexibility index (Phi) is 16.8. The van der Waals surface area contributed by atoms with E-state index in [0.717, 1.165) is 106 Å². The molecule has 0 fully saturated rings. The van der Waals surface area contributed by atoms with Gasteiger partial charge in [-0.1, -0.05) is 105 Å². The molecule has 1 aliphatic rings. The van der Waals surface area contributed by atoms with Gasteiger partial charge in [-0.05, 0) is 133 Å². The summed E-state index contributed by atoms with van der Waals surface area (Å²) >= 11 is 6.02. The van der Waals surface area contributed by atoms with Crippen molar-refractivity contribution in [3.05, 3.63) is 81.9 Å². The van der Waals surface area contributed by atoms with Crippen LogP contribution in [0.2, 0.25) is 0 Å². The van der Waals surface area contributed by atoms with Gasteiger partial charge in [-0.2, -0.15) is 28.0 Å². The third-order valence-electron chi connectivity index (χ3n) is 12.2. The molecule has 6 aromatic rings. The number of hydrogen-bond acceptors (Lipinski definition) is 9. The standard InChI is InChI=1S/C52H60N6S4/c1-5-9-13-17-21-35-29-39(30-36(41(35)33-53)22-18-14-10-6-2)43-25-27-45(59-43)47-49-51(57-61-55-49)48(52-50(47)56-62-58-52)46-28-26-44(60-46)40-31-37(23-19-15-11-7-3)42(34-54)38(32-40)24-20-16-12-8-4/h25-32H,5-24H2,1-4H3. The summed E-state index contributed by atoms with van der Waals surface area (Å²) in [6.07, 6.45) is 22.6. The van der Waals surface area contributed by atoms with Crippen LogP contribution in [0.15, 0.2) is 57.3 Å². The number of aryl methyl sites for hydroxylation is 4. The third-order valence-corrected chi connectivity index (χ3v) is 15.6. The monoisotopic (exact) mass is 896 g/mol. The highest BCUT2D eigenvalue weighted by Gasteiger charge is 2.28. The van der Waals surface area contributed by atoms with Gasteiger partial charge in [0.15, 0.2) is 0 Å². The number of nitriles is 2. The smallest absolute Gasteiger partial charge is 0.116 e. The minimum Gasteiger partial charge on any atom is -0.192 e. The van der Waals surface area contributed by atoms with Crippen LogP contribution in [0.1, 0.15) is 164 Å². The predicted molar refractivity (Wildman–Crippen MR) is 267 cm³/mol. The molecule has 0 saturated carbocycles. The van der Waals surface area contributed by atoms with Gasteiger partial charge in [0.2, 0.25) is 0 Å². The molecule has 0 amide bonds. The molecular weight excluding hydrogens is 837 g/mol. The van der Waals surface area contributed by atoms with Gasteiger partial charge in [0.25, 0.3) is 0 Å². The molecule has 6 nitrogen and oxygen atoms in total. The number of rotatable bonds is 24. The van der Waals surface area contributed by atoms with Gasteiger partial charge in [0, 0.05) is 30.6 Å². The average Bonchev–Trinajstić information content (AvgIpc) is 4.14. The first kappa shape index (κ1) is 45.7. The molecular formula is C52H60N6S4. The Bertz CT molecular complexity index is 2390. The van der Waals surface area contributed by atoms with Crippen LogP contribution in [0.5, 0.6) is 0 Å². The summed E-state index contributed by atoms with van der Waals surface area (Å²) in [4.78, 5) is 4.57. The van der Waals surface area contributed by atoms with Gasteiger partial charge in [-0.25, -0.2) is 0 Å². The number of benzene rings is 3. The summed E-state index contributed by atoms with van der Waals surface area (Å²) in [5.41, 5.74) is 14.4. The molecule has 0 spiro atoms. The van der Waals surface area contributed by atoms with E-state index < -0.39 is 0 Å². The molecule has 0 atom stereocenters. The van der Waals surface area contributed by atoms with Crippen LogP contribution >= 0.6 is 34.4 Å². The zero-order chi connectivity index (χ0) is 43.3. The maximum absolute atomic E-state index is 10.4. The van der Waals surface area contributed by atoms with Gasteiger partial charge in [-0.3, -0.25) is 0 Å². The molecule has 1 aliphatic heterocycles. The molecule has 10 heteroatoms. The summed E-state index contributed by atoms with van der Waals surface area (Å²) in [6, 6.07) is 23.2. The first-order chi connectivity index (χ1) is 30.5. The first-order valence-corrected chi connectivity index (χ1v) is 26.4. The van der Waals surface area contributed by atoms with Gasteiger partial charge in [-0.15, -0.1) is 22.7 Å². The van der Waals surface area contributed by atoms with E-state index in [2.05, 4.69) is 88.4 Å². The molecule has 3 aromatic carbocycles.